The van der Waals surface area contributed by atoms with Gasteiger partial charge in [0.05, 0.1) is 18.5 Å². The van der Waals surface area contributed by atoms with E-state index >= 15 is 0 Å². The van der Waals surface area contributed by atoms with Crippen molar-refractivity contribution in [3.63, 3.8) is 0 Å². The number of benzene rings is 1. The number of hydrogen-bond acceptors (Lipinski definition) is 4. The van der Waals surface area contributed by atoms with E-state index in [2.05, 4.69) is 38.0 Å². The fourth-order valence-corrected chi connectivity index (χ4v) is 2.69. The molecule has 116 valence electrons. The van der Waals surface area contributed by atoms with Crippen LogP contribution in [0.15, 0.2) is 36.5 Å². The second-order valence-electron chi connectivity index (χ2n) is 6.59. The molecule has 0 radical (unpaired) electrons. The Balaban J connectivity index is 1.84. The van der Waals surface area contributed by atoms with Crippen LogP contribution < -0.4 is 14.8 Å². The van der Waals surface area contributed by atoms with Gasteiger partial charge in [0, 0.05) is 23.1 Å². The molecular formula is C18H22N2O2. The van der Waals surface area contributed by atoms with Gasteiger partial charge in [-0.15, -0.1) is 0 Å². The number of pyridine rings is 1. The minimum atomic E-state index is -0.0505. The largest absolute Gasteiger partial charge is 0.492 e. The molecule has 1 aromatic carbocycles. The van der Waals surface area contributed by atoms with Crippen LogP contribution in [0.25, 0.3) is 0 Å². The summed E-state index contributed by atoms with van der Waals surface area (Å²) < 4.78 is 11.7. The van der Waals surface area contributed by atoms with E-state index in [-0.39, 0.29) is 5.41 Å². The van der Waals surface area contributed by atoms with E-state index in [0.29, 0.717) is 18.5 Å². The summed E-state index contributed by atoms with van der Waals surface area (Å²) in [7, 11) is 0. The van der Waals surface area contributed by atoms with Crippen molar-refractivity contribution in [1.29, 1.82) is 0 Å². The van der Waals surface area contributed by atoms with Crippen LogP contribution in [-0.2, 0) is 5.41 Å². The fourth-order valence-electron chi connectivity index (χ4n) is 2.69. The third-order valence-corrected chi connectivity index (χ3v) is 3.66. The zero-order valence-electron chi connectivity index (χ0n) is 13.5. The van der Waals surface area contributed by atoms with Crippen LogP contribution in [0.4, 0.5) is 5.69 Å². The van der Waals surface area contributed by atoms with Gasteiger partial charge in [-0.2, -0.15) is 0 Å². The Kier molecular flexibility index (Phi) is 3.69. The van der Waals surface area contributed by atoms with E-state index in [0.717, 1.165) is 22.7 Å². The van der Waals surface area contributed by atoms with Crippen molar-refractivity contribution in [3.05, 3.63) is 42.1 Å². The Hall–Kier alpha value is -2.23. The van der Waals surface area contributed by atoms with Crippen LogP contribution in [0.3, 0.4) is 0 Å². The monoisotopic (exact) mass is 298 g/mol. The summed E-state index contributed by atoms with van der Waals surface area (Å²) in [5, 5.41) is 3.31. The molecule has 0 atom stereocenters. The highest BCUT2D eigenvalue weighted by Crippen LogP contribution is 2.45. The summed E-state index contributed by atoms with van der Waals surface area (Å²) in [4.78, 5) is 4.37. The topological polar surface area (TPSA) is 43.4 Å². The summed E-state index contributed by atoms with van der Waals surface area (Å²) in [5.41, 5.74) is 2.05. The molecule has 0 fully saturated rings. The quantitative estimate of drug-likeness (QED) is 0.910. The zero-order chi connectivity index (χ0) is 15.7. The number of hydrogen-bond donors (Lipinski definition) is 1. The lowest BCUT2D eigenvalue weighted by molar-refractivity contribution is 0.290. The van der Waals surface area contributed by atoms with E-state index in [1.807, 2.05) is 30.3 Å². The van der Waals surface area contributed by atoms with Gasteiger partial charge in [0.15, 0.2) is 0 Å². The number of aromatic nitrogens is 1. The average Bonchev–Trinajstić information content (AvgIpc) is 2.77. The van der Waals surface area contributed by atoms with Crippen LogP contribution in [0, 0.1) is 0 Å². The first kappa shape index (κ1) is 14.7. The molecule has 1 aromatic heterocycles. The second kappa shape index (κ2) is 5.52. The van der Waals surface area contributed by atoms with Crippen LogP contribution in [0.2, 0.25) is 0 Å². The Morgan fingerprint density at radius 1 is 1.23 bits per heavy atom. The van der Waals surface area contributed by atoms with Gasteiger partial charge in [-0.3, -0.25) is 0 Å². The molecule has 1 N–H and O–H groups in total. The molecule has 1 aliphatic rings. The maximum Gasteiger partial charge on any atom is 0.219 e. The first-order valence-electron chi connectivity index (χ1n) is 7.62. The maximum atomic E-state index is 6.00. The molecule has 0 spiro atoms. The van der Waals surface area contributed by atoms with Crippen LogP contribution >= 0.6 is 0 Å². The Morgan fingerprint density at radius 3 is 2.73 bits per heavy atom. The minimum Gasteiger partial charge on any atom is -0.492 e. The first-order chi connectivity index (χ1) is 10.5. The predicted molar refractivity (Wildman–Crippen MR) is 88.0 cm³/mol. The average molecular weight is 298 g/mol. The molecule has 0 bridgehead atoms. The number of fused-ring (bicyclic) bond motifs is 1. The molecule has 0 aliphatic carbocycles. The van der Waals surface area contributed by atoms with Crippen molar-refractivity contribution in [3.8, 4) is 17.4 Å². The van der Waals surface area contributed by atoms with Crippen LogP contribution in [0.1, 0.15) is 33.3 Å². The first-order valence-corrected chi connectivity index (χ1v) is 7.62. The summed E-state index contributed by atoms with van der Waals surface area (Å²) in [5.74, 6) is 2.31. The Bertz CT molecular complexity index is 663. The highest BCUT2D eigenvalue weighted by molar-refractivity contribution is 5.53. The van der Waals surface area contributed by atoms with Gasteiger partial charge < -0.3 is 14.8 Å². The molecule has 3 rings (SSSR count). The summed E-state index contributed by atoms with van der Waals surface area (Å²) in [6.07, 6.45) is 1.79. The van der Waals surface area contributed by atoms with Crippen molar-refractivity contribution in [2.45, 2.75) is 39.2 Å². The van der Waals surface area contributed by atoms with Crippen molar-refractivity contribution >= 4 is 5.69 Å². The molecule has 1 aliphatic heterocycles. The molecule has 0 saturated heterocycles. The third-order valence-electron chi connectivity index (χ3n) is 3.66. The molecule has 2 aromatic rings. The second-order valence-corrected chi connectivity index (χ2v) is 6.59. The normalized spacial score (nSPS) is 15.3. The molecule has 0 unspecified atom stereocenters. The predicted octanol–water partition coefficient (Wildman–Crippen LogP) is 4.36. The maximum absolute atomic E-state index is 6.00. The molecule has 22 heavy (non-hydrogen) atoms. The summed E-state index contributed by atoms with van der Waals surface area (Å²) in [6.45, 7) is 9.19. The summed E-state index contributed by atoms with van der Waals surface area (Å²) >= 11 is 0. The van der Waals surface area contributed by atoms with Crippen molar-refractivity contribution < 1.29 is 9.47 Å². The van der Waals surface area contributed by atoms with E-state index in [4.69, 9.17) is 9.47 Å². The number of anilines is 1. The molecular weight excluding hydrogens is 276 g/mol. The number of ether oxygens (including phenoxy) is 2. The highest BCUT2D eigenvalue weighted by atomic mass is 16.5. The fraction of sp³-hybridized carbons (Fsp3) is 0.389. The minimum absolute atomic E-state index is 0.0505. The molecule has 0 amide bonds. The number of rotatable bonds is 4. The molecule has 4 nitrogen and oxygen atoms in total. The molecule has 0 saturated carbocycles. The molecule has 2 heterocycles. The van der Waals surface area contributed by atoms with Crippen LogP contribution in [0.5, 0.6) is 17.4 Å². The van der Waals surface area contributed by atoms with Crippen molar-refractivity contribution in [1.82, 2.24) is 4.98 Å². The Labute approximate surface area is 131 Å². The Morgan fingerprint density at radius 2 is 2.05 bits per heavy atom. The van der Waals surface area contributed by atoms with E-state index in [9.17, 15) is 0 Å². The van der Waals surface area contributed by atoms with E-state index < -0.39 is 0 Å². The van der Waals surface area contributed by atoms with E-state index in [1.165, 1.54) is 0 Å². The van der Waals surface area contributed by atoms with Gasteiger partial charge in [0.1, 0.15) is 11.5 Å². The van der Waals surface area contributed by atoms with Gasteiger partial charge in [0.25, 0.3) is 0 Å². The number of nitrogens with one attached hydrogen (secondary N) is 1. The third kappa shape index (κ3) is 2.86. The zero-order valence-corrected chi connectivity index (χ0v) is 13.5. The number of nitrogens with zero attached hydrogens (tertiary/aromatic N) is 1. The lowest BCUT2D eigenvalue weighted by Gasteiger charge is -2.18. The van der Waals surface area contributed by atoms with Gasteiger partial charge in [-0.05, 0) is 32.0 Å². The summed E-state index contributed by atoms with van der Waals surface area (Å²) in [6, 6.07) is 10.1. The van der Waals surface area contributed by atoms with Crippen LogP contribution in [-0.4, -0.2) is 17.6 Å². The van der Waals surface area contributed by atoms with Crippen molar-refractivity contribution in [2.75, 3.05) is 11.9 Å². The SMILES string of the molecule is CC(C)Nc1ccc(Oc2cccc3c2C(C)(C)CO3)nc1. The smallest absolute Gasteiger partial charge is 0.219 e. The molecule has 4 heteroatoms. The van der Waals surface area contributed by atoms with E-state index in [1.54, 1.807) is 6.20 Å². The van der Waals surface area contributed by atoms with Gasteiger partial charge >= 0.3 is 0 Å². The lowest BCUT2D eigenvalue weighted by Crippen LogP contribution is -2.19. The standard InChI is InChI=1S/C18H22N2O2/c1-12(2)20-13-8-9-16(19-10-13)22-15-7-5-6-14-17(15)18(3,4)11-21-14/h5-10,12,20H,11H2,1-4H3. The van der Waals surface area contributed by atoms with Gasteiger partial charge in [0.2, 0.25) is 5.88 Å². The lowest BCUT2D eigenvalue weighted by atomic mass is 9.86. The van der Waals surface area contributed by atoms with Gasteiger partial charge in [-0.1, -0.05) is 19.9 Å². The van der Waals surface area contributed by atoms with Crippen molar-refractivity contribution in [2.24, 2.45) is 0 Å². The van der Waals surface area contributed by atoms with Gasteiger partial charge in [-0.25, -0.2) is 4.98 Å². The highest BCUT2D eigenvalue weighted by Gasteiger charge is 2.35.